The Balaban J connectivity index is 2.19. The monoisotopic (exact) mass is 273 g/mol. The Hall–Kier alpha value is -2.06. The van der Waals surface area contributed by atoms with E-state index in [9.17, 15) is 4.79 Å². The van der Waals surface area contributed by atoms with E-state index in [1.807, 2.05) is 6.92 Å². The molecule has 1 aliphatic rings. The van der Waals surface area contributed by atoms with Crippen molar-refractivity contribution in [3.05, 3.63) is 28.8 Å². The van der Waals surface area contributed by atoms with Crippen molar-refractivity contribution in [2.75, 3.05) is 20.2 Å². The molecule has 0 aromatic heterocycles. The number of nitrogens with zero attached hydrogens (tertiary/aromatic N) is 1. The average Bonchev–Trinajstić information content (AvgIpc) is 2.47. The summed E-state index contributed by atoms with van der Waals surface area (Å²) in [4.78, 5) is 12.3. The molecule has 2 rings (SSSR count). The molecule has 0 bridgehead atoms. The van der Waals surface area contributed by atoms with Gasteiger partial charge in [0.25, 0.3) is 5.91 Å². The first kappa shape index (κ1) is 14.4. The van der Waals surface area contributed by atoms with Crippen molar-refractivity contribution in [1.82, 2.24) is 10.6 Å². The molecule has 106 valence electrons. The summed E-state index contributed by atoms with van der Waals surface area (Å²) in [5.41, 5.74) is 1.80. The van der Waals surface area contributed by atoms with Crippen molar-refractivity contribution < 1.29 is 9.53 Å². The smallest absolute Gasteiger partial charge is 0.251 e. The third kappa shape index (κ3) is 3.09. The maximum Gasteiger partial charge on any atom is 0.251 e. The number of rotatable bonds is 3. The predicted molar refractivity (Wildman–Crippen MR) is 75.8 cm³/mol. The zero-order valence-corrected chi connectivity index (χ0v) is 11.8. The third-order valence-corrected chi connectivity index (χ3v) is 3.59. The van der Waals surface area contributed by atoms with Crippen molar-refractivity contribution in [3.8, 4) is 11.8 Å². The SMILES string of the molecule is COc1cc(C(=O)NC2CCNCC2)c(C)cc1C#N. The van der Waals surface area contributed by atoms with Crippen molar-refractivity contribution in [3.63, 3.8) is 0 Å². The van der Waals surface area contributed by atoms with Crippen molar-refractivity contribution in [1.29, 1.82) is 5.26 Å². The summed E-state index contributed by atoms with van der Waals surface area (Å²) in [6.45, 7) is 3.69. The van der Waals surface area contributed by atoms with Crippen LogP contribution in [0.15, 0.2) is 12.1 Å². The van der Waals surface area contributed by atoms with Gasteiger partial charge in [-0.3, -0.25) is 4.79 Å². The lowest BCUT2D eigenvalue weighted by Gasteiger charge is -2.24. The number of nitrogens with one attached hydrogen (secondary N) is 2. The number of aryl methyl sites for hydroxylation is 1. The Bertz CT molecular complexity index is 543. The topological polar surface area (TPSA) is 74.2 Å². The minimum atomic E-state index is -0.0998. The van der Waals surface area contributed by atoms with E-state index in [4.69, 9.17) is 10.00 Å². The highest BCUT2D eigenvalue weighted by Crippen LogP contribution is 2.23. The van der Waals surface area contributed by atoms with Gasteiger partial charge in [0.15, 0.2) is 0 Å². The molecule has 1 aromatic rings. The lowest BCUT2D eigenvalue weighted by atomic mass is 10.0. The van der Waals surface area contributed by atoms with Gasteiger partial charge in [-0.25, -0.2) is 0 Å². The highest BCUT2D eigenvalue weighted by Gasteiger charge is 2.19. The number of methoxy groups -OCH3 is 1. The van der Waals surface area contributed by atoms with Gasteiger partial charge in [-0.15, -0.1) is 0 Å². The average molecular weight is 273 g/mol. The number of hydrogen-bond donors (Lipinski definition) is 2. The molecule has 20 heavy (non-hydrogen) atoms. The van der Waals surface area contributed by atoms with Gasteiger partial charge in [0.05, 0.1) is 12.7 Å². The molecule has 1 fully saturated rings. The summed E-state index contributed by atoms with van der Waals surface area (Å²) in [5, 5.41) is 15.3. The van der Waals surface area contributed by atoms with Crippen LogP contribution in [0.4, 0.5) is 0 Å². The van der Waals surface area contributed by atoms with Crippen molar-refractivity contribution in [2.24, 2.45) is 0 Å². The number of hydrogen-bond acceptors (Lipinski definition) is 4. The Morgan fingerprint density at radius 1 is 1.45 bits per heavy atom. The lowest BCUT2D eigenvalue weighted by Crippen LogP contribution is -2.42. The predicted octanol–water partition coefficient (Wildman–Crippen LogP) is 1.36. The first-order chi connectivity index (χ1) is 9.65. The summed E-state index contributed by atoms with van der Waals surface area (Å²) in [7, 11) is 1.50. The van der Waals surface area contributed by atoms with E-state index in [0.29, 0.717) is 16.9 Å². The van der Waals surface area contributed by atoms with Crippen LogP contribution in [0.3, 0.4) is 0 Å². The third-order valence-electron chi connectivity index (χ3n) is 3.59. The van der Waals surface area contributed by atoms with Crippen LogP contribution in [0.1, 0.15) is 34.3 Å². The molecule has 1 saturated heterocycles. The van der Waals surface area contributed by atoms with Gasteiger partial charge in [-0.1, -0.05) is 0 Å². The van der Waals surface area contributed by atoms with Gasteiger partial charge >= 0.3 is 0 Å². The molecule has 0 radical (unpaired) electrons. The maximum atomic E-state index is 12.3. The van der Waals surface area contributed by atoms with E-state index < -0.39 is 0 Å². The number of amides is 1. The van der Waals surface area contributed by atoms with Crippen LogP contribution in [0.5, 0.6) is 5.75 Å². The maximum absolute atomic E-state index is 12.3. The van der Waals surface area contributed by atoms with Crippen LogP contribution in [0, 0.1) is 18.3 Å². The van der Waals surface area contributed by atoms with E-state index >= 15 is 0 Å². The molecular weight excluding hydrogens is 254 g/mol. The summed E-state index contributed by atoms with van der Waals surface area (Å²) in [6, 6.07) is 5.62. The molecule has 0 aliphatic carbocycles. The molecule has 1 heterocycles. The van der Waals surface area contributed by atoms with Gasteiger partial charge in [0, 0.05) is 11.6 Å². The Kier molecular flexibility index (Phi) is 4.59. The first-order valence-corrected chi connectivity index (χ1v) is 6.76. The highest BCUT2D eigenvalue weighted by atomic mass is 16.5. The highest BCUT2D eigenvalue weighted by molar-refractivity contribution is 5.96. The molecule has 1 aromatic carbocycles. The summed E-state index contributed by atoms with van der Waals surface area (Å²) in [5.74, 6) is 0.339. The second-order valence-electron chi connectivity index (χ2n) is 4.98. The second-order valence-corrected chi connectivity index (χ2v) is 4.98. The zero-order chi connectivity index (χ0) is 14.5. The van der Waals surface area contributed by atoms with E-state index in [0.717, 1.165) is 31.5 Å². The van der Waals surface area contributed by atoms with Gasteiger partial charge in [-0.2, -0.15) is 5.26 Å². The van der Waals surface area contributed by atoms with E-state index in [1.54, 1.807) is 12.1 Å². The number of carbonyl (C=O) groups is 1. The first-order valence-electron chi connectivity index (χ1n) is 6.76. The number of carbonyl (C=O) groups excluding carboxylic acids is 1. The fourth-order valence-electron chi connectivity index (χ4n) is 2.42. The molecule has 2 N–H and O–H groups in total. The summed E-state index contributed by atoms with van der Waals surface area (Å²) < 4.78 is 5.16. The quantitative estimate of drug-likeness (QED) is 0.872. The minimum absolute atomic E-state index is 0.0998. The molecular formula is C15H19N3O2. The molecule has 0 spiro atoms. The van der Waals surface area contributed by atoms with Gasteiger partial charge < -0.3 is 15.4 Å². The Morgan fingerprint density at radius 2 is 2.15 bits per heavy atom. The molecule has 0 saturated carbocycles. The van der Waals surface area contributed by atoms with Gasteiger partial charge in [-0.05, 0) is 50.6 Å². The number of benzene rings is 1. The van der Waals surface area contributed by atoms with Crippen LogP contribution in [-0.4, -0.2) is 32.1 Å². The molecule has 5 heteroatoms. The van der Waals surface area contributed by atoms with Crippen LogP contribution >= 0.6 is 0 Å². The number of ether oxygens (including phenoxy) is 1. The minimum Gasteiger partial charge on any atom is -0.495 e. The van der Waals surface area contributed by atoms with Crippen LogP contribution in [-0.2, 0) is 0 Å². The van der Waals surface area contributed by atoms with E-state index in [2.05, 4.69) is 16.7 Å². The number of piperidine rings is 1. The normalized spacial score (nSPS) is 15.4. The standard InChI is InChI=1S/C15H19N3O2/c1-10-7-11(9-16)14(20-2)8-13(10)15(19)18-12-3-5-17-6-4-12/h7-8,12,17H,3-6H2,1-2H3,(H,18,19). The second kappa shape index (κ2) is 6.40. The van der Waals surface area contributed by atoms with Crippen LogP contribution in [0.2, 0.25) is 0 Å². The van der Waals surface area contributed by atoms with E-state index in [-0.39, 0.29) is 11.9 Å². The summed E-state index contributed by atoms with van der Waals surface area (Å²) >= 11 is 0. The Labute approximate surface area is 118 Å². The summed E-state index contributed by atoms with van der Waals surface area (Å²) in [6.07, 6.45) is 1.89. The molecule has 5 nitrogen and oxygen atoms in total. The van der Waals surface area contributed by atoms with Crippen molar-refractivity contribution in [2.45, 2.75) is 25.8 Å². The number of nitriles is 1. The van der Waals surface area contributed by atoms with Crippen LogP contribution in [0.25, 0.3) is 0 Å². The zero-order valence-electron chi connectivity index (χ0n) is 11.8. The van der Waals surface area contributed by atoms with Gasteiger partial charge in [0.2, 0.25) is 0 Å². The fraction of sp³-hybridized carbons (Fsp3) is 0.467. The van der Waals surface area contributed by atoms with Gasteiger partial charge in [0.1, 0.15) is 11.8 Å². The largest absolute Gasteiger partial charge is 0.495 e. The van der Waals surface area contributed by atoms with Crippen LogP contribution < -0.4 is 15.4 Å². The van der Waals surface area contributed by atoms with E-state index in [1.165, 1.54) is 7.11 Å². The van der Waals surface area contributed by atoms with Crippen molar-refractivity contribution >= 4 is 5.91 Å². The lowest BCUT2D eigenvalue weighted by molar-refractivity contribution is 0.0928. The molecule has 0 atom stereocenters. The Morgan fingerprint density at radius 3 is 2.75 bits per heavy atom. The fourth-order valence-corrected chi connectivity index (χ4v) is 2.42. The molecule has 1 amide bonds. The molecule has 0 unspecified atom stereocenters. The molecule has 1 aliphatic heterocycles.